The highest BCUT2D eigenvalue weighted by atomic mass is 35.5. The summed E-state index contributed by atoms with van der Waals surface area (Å²) in [4.78, 5) is 33.8. The Morgan fingerprint density at radius 3 is 2.29 bits per heavy atom. The lowest BCUT2D eigenvalue weighted by Crippen LogP contribution is -2.47. The predicted molar refractivity (Wildman–Crippen MR) is 121 cm³/mol. The second-order valence-electron chi connectivity index (χ2n) is 8.39. The third-order valence-electron chi connectivity index (χ3n) is 6.22. The van der Waals surface area contributed by atoms with Crippen LogP contribution in [0.5, 0.6) is 5.75 Å². The van der Waals surface area contributed by atoms with Gasteiger partial charge in [-0.15, -0.1) is 13.2 Å². The zero-order chi connectivity index (χ0) is 25.0. The van der Waals surface area contributed by atoms with E-state index in [1.54, 1.807) is 0 Å². The Morgan fingerprint density at radius 2 is 1.69 bits per heavy atom. The molecule has 35 heavy (non-hydrogen) atoms. The van der Waals surface area contributed by atoms with E-state index >= 15 is 0 Å². The van der Waals surface area contributed by atoms with Gasteiger partial charge in [0.05, 0.1) is 11.7 Å². The first kappa shape index (κ1) is 23.5. The average molecular weight is 525 g/mol. The number of fused-ring (bicyclic) bond motifs is 1. The van der Waals surface area contributed by atoms with E-state index in [4.69, 9.17) is 23.2 Å². The molecular formula is C23H17Cl2F3N4O3. The fourth-order valence-electron chi connectivity index (χ4n) is 4.82. The Morgan fingerprint density at radius 1 is 1.06 bits per heavy atom. The summed E-state index contributed by atoms with van der Waals surface area (Å²) in [5.74, 6) is -0.838. The minimum atomic E-state index is -4.81. The Hall–Kier alpha value is -3.24. The highest BCUT2D eigenvalue weighted by molar-refractivity contribution is 6.33. The molecule has 182 valence electrons. The van der Waals surface area contributed by atoms with Crippen LogP contribution in [0.4, 0.5) is 23.7 Å². The van der Waals surface area contributed by atoms with Crippen molar-refractivity contribution in [1.29, 1.82) is 0 Å². The summed E-state index contributed by atoms with van der Waals surface area (Å²) in [5.41, 5.74) is -0.475. The molecule has 3 aromatic rings. The number of halogens is 5. The van der Waals surface area contributed by atoms with E-state index in [-0.39, 0.29) is 40.8 Å². The van der Waals surface area contributed by atoms with Gasteiger partial charge in [0.1, 0.15) is 21.6 Å². The Bertz CT molecular complexity index is 1260. The molecule has 3 amide bonds. The highest BCUT2D eigenvalue weighted by Crippen LogP contribution is 2.46. The van der Waals surface area contributed by atoms with Crippen molar-refractivity contribution in [2.45, 2.75) is 30.8 Å². The number of urea groups is 1. The number of hydrogen-bond acceptors (Lipinski definition) is 4. The summed E-state index contributed by atoms with van der Waals surface area (Å²) < 4.78 is 43.5. The zero-order valence-electron chi connectivity index (χ0n) is 17.9. The number of benzene rings is 1. The van der Waals surface area contributed by atoms with Crippen molar-refractivity contribution < 1.29 is 27.5 Å². The molecule has 2 aromatic heterocycles. The van der Waals surface area contributed by atoms with Crippen LogP contribution in [0.2, 0.25) is 10.3 Å². The molecule has 0 spiro atoms. The molecule has 2 aliphatic rings. The molecule has 0 unspecified atom stereocenters. The van der Waals surface area contributed by atoms with E-state index in [0.29, 0.717) is 12.0 Å². The zero-order valence-corrected chi connectivity index (χ0v) is 19.4. The van der Waals surface area contributed by atoms with Gasteiger partial charge in [-0.3, -0.25) is 4.79 Å². The van der Waals surface area contributed by atoms with E-state index < -0.39 is 23.8 Å². The van der Waals surface area contributed by atoms with Gasteiger partial charge in [0.2, 0.25) is 0 Å². The topological polar surface area (TPSA) is 67.7 Å². The smallest absolute Gasteiger partial charge is 0.406 e. The molecule has 2 fully saturated rings. The Labute approximate surface area is 207 Å². The lowest BCUT2D eigenvalue weighted by Gasteiger charge is -2.28. The number of anilines is 1. The maximum absolute atomic E-state index is 13.9. The number of carbonyl (C=O) groups excluding carboxylic acids is 2. The number of rotatable bonds is 5. The summed E-state index contributed by atoms with van der Waals surface area (Å²) in [7, 11) is 0. The van der Waals surface area contributed by atoms with Gasteiger partial charge in [-0.1, -0.05) is 35.3 Å². The lowest BCUT2D eigenvalue weighted by molar-refractivity contribution is -0.274. The van der Waals surface area contributed by atoms with Crippen LogP contribution in [0.1, 0.15) is 18.0 Å². The van der Waals surface area contributed by atoms with Crippen molar-refractivity contribution in [2.75, 3.05) is 11.4 Å². The third-order valence-corrected chi connectivity index (χ3v) is 6.60. The molecule has 0 radical (unpaired) electrons. The number of alkyl halides is 3. The molecule has 0 bridgehead atoms. The second kappa shape index (κ2) is 8.46. The number of hydrogen-bond donors (Lipinski definition) is 0. The third kappa shape index (κ3) is 4.32. The molecule has 4 heterocycles. The number of aromatic nitrogens is 2. The van der Waals surface area contributed by atoms with E-state index in [0.717, 1.165) is 4.90 Å². The molecule has 12 heteroatoms. The van der Waals surface area contributed by atoms with Gasteiger partial charge in [0, 0.05) is 31.8 Å². The van der Waals surface area contributed by atoms with E-state index in [1.165, 1.54) is 41.3 Å². The first-order chi connectivity index (χ1) is 16.6. The summed E-state index contributed by atoms with van der Waals surface area (Å²) in [5, 5.41) is 0.0550. The number of pyridine rings is 1. The minimum Gasteiger partial charge on any atom is -0.406 e. The molecule has 2 saturated heterocycles. The first-order valence-electron chi connectivity index (χ1n) is 10.5. The fourth-order valence-corrected chi connectivity index (χ4v) is 5.27. The summed E-state index contributed by atoms with van der Waals surface area (Å²) in [6.45, 7) is 0.275. The SMILES string of the molecule is O=C1N(c2cc(Cl)nc(Cl)c2)C(=O)[C@]2(Cc3ccc(OC(F)(F)F)cc3)C[C@H](n3cccc3)CN12. The van der Waals surface area contributed by atoms with Gasteiger partial charge in [0.15, 0.2) is 0 Å². The van der Waals surface area contributed by atoms with Crippen molar-refractivity contribution in [3.8, 4) is 5.75 Å². The quantitative estimate of drug-likeness (QED) is 0.327. The second-order valence-corrected chi connectivity index (χ2v) is 9.17. The van der Waals surface area contributed by atoms with Gasteiger partial charge in [-0.2, -0.15) is 0 Å². The van der Waals surface area contributed by atoms with Gasteiger partial charge < -0.3 is 14.2 Å². The average Bonchev–Trinajstić information content (AvgIpc) is 3.45. The summed E-state index contributed by atoms with van der Waals surface area (Å²) in [6, 6.07) is 11.1. The number of amides is 3. The van der Waals surface area contributed by atoms with Crippen molar-refractivity contribution >= 4 is 40.8 Å². The largest absolute Gasteiger partial charge is 0.573 e. The molecule has 7 nitrogen and oxygen atoms in total. The molecule has 5 rings (SSSR count). The van der Waals surface area contributed by atoms with Crippen LogP contribution in [-0.4, -0.2) is 44.8 Å². The van der Waals surface area contributed by atoms with Crippen molar-refractivity contribution in [3.63, 3.8) is 0 Å². The molecule has 2 atom stereocenters. The molecule has 0 saturated carbocycles. The molecule has 2 aliphatic heterocycles. The summed E-state index contributed by atoms with van der Waals surface area (Å²) in [6.07, 6.45) is -0.674. The molecule has 0 aliphatic carbocycles. The monoisotopic (exact) mass is 524 g/mol. The van der Waals surface area contributed by atoms with Crippen molar-refractivity contribution in [1.82, 2.24) is 14.5 Å². The normalized spacial score (nSPS) is 22.1. The maximum atomic E-state index is 13.9. The fraction of sp³-hybridized carbons (Fsp3) is 0.261. The Balaban J connectivity index is 1.51. The number of ether oxygens (including phenoxy) is 1. The highest BCUT2D eigenvalue weighted by Gasteiger charge is 2.62. The van der Waals surface area contributed by atoms with Crippen LogP contribution in [0, 0.1) is 0 Å². The van der Waals surface area contributed by atoms with Gasteiger partial charge in [-0.25, -0.2) is 14.7 Å². The van der Waals surface area contributed by atoms with Crippen LogP contribution in [0.25, 0.3) is 0 Å². The van der Waals surface area contributed by atoms with E-state index in [2.05, 4.69) is 9.72 Å². The molecular weight excluding hydrogens is 508 g/mol. The first-order valence-corrected chi connectivity index (χ1v) is 11.3. The van der Waals surface area contributed by atoms with Crippen molar-refractivity contribution in [3.05, 3.63) is 76.8 Å². The Kier molecular flexibility index (Phi) is 5.68. The number of imide groups is 1. The number of carbonyl (C=O) groups is 2. The van der Waals surface area contributed by atoms with Gasteiger partial charge >= 0.3 is 12.4 Å². The van der Waals surface area contributed by atoms with Crippen LogP contribution in [0.15, 0.2) is 60.9 Å². The summed E-state index contributed by atoms with van der Waals surface area (Å²) >= 11 is 12.0. The van der Waals surface area contributed by atoms with Crippen molar-refractivity contribution in [2.24, 2.45) is 0 Å². The lowest BCUT2D eigenvalue weighted by atomic mass is 9.87. The van der Waals surface area contributed by atoms with Crippen LogP contribution < -0.4 is 9.64 Å². The molecule has 1 aromatic carbocycles. The molecule has 0 N–H and O–H groups in total. The predicted octanol–water partition coefficient (Wildman–Crippen LogP) is 5.48. The van der Waals surface area contributed by atoms with Crippen LogP contribution >= 0.6 is 23.2 Å². The maximum Gasteiger partial charge on any atom is 0.573 e. The van der Waals surface area contributed by atoms with Crippen LogP contribution in [-0.2, 0) is 11.2 Å². The van der Waals surface area contributed by atoms with Gasteiger partial charge in [0.25, 0.3) is 5.91 Å². The van der Waals surface area contributed by atoms with Gasteiger partial charge in [-0.05, 0) is 42.0 Å². The van der Waals surface area contributed by atoms with Crippen LogP contribution in [0.3, 0.4) is 0 Å². The minimum absolute atomic E-state index is 0.0275. The standard InChI is InChI=1S/C23H17Cl2F3N4O3/c24-18-9-15(10-19(25)29-18)32-20(33)22(11-14-3-5-17(6-4-14)35-23(26,27)28)12-16(13-31(22)21(32)34)30-7-1-2-8-30/h1-10,16H,11-13H2/t16-,22-/m0/s1. The van der Waals surface area contributed by atoms with E-state index in [1.807, 2.05) is 29.1 Å². The van der Waals surface area contributed by atoms with E-state index in [9.17, 15) is 22.8 Å². The number of nitrogens with zero attached hydrogens (tertiary/aromatic N) is 4.